The fourth-order valence-electron chi connectivity index (χ4n) is 1.61. The van der Waals surface area contributed by atoms with Gasteiger partial charge in [0.05, 0.1) is 17.2 Å². The molecule has 0 aromatic carbocycles. The number of rotatable bonds is 6. The lowest BCUT2D eigenvalue weighted by Crippen LogP contribution is -2.15. The van der Waals surface area contributed by atoms with Gasteiger partial charge in [0.2, 0.25) is 0 Å². The molecule has 2 atom stereocenters. The lowest BCUT2D eigenvalue weighted by atomic mass is 10.3. The van der Waals surface area contributed by atoms with Gasteiger partial charge in [-0.25, -0.2) is 9.97 Å². The largest absolute Gasteiger partial charge is 0.392 e. The highest BCUT2D eigenvalue weighted by molar-refractivity contribution is 7.99. The molecule has 0 spiro atoms. The number of anilines is 1. The first kappa shape index (κ1) is 14.6. The van der Waals surface area contributed by atoms with Crippen LogP contribution in [0.2, 0.25) is 0 Å². The van der Waals surface area contributed by atoms with Crippen LogP contribution >= 0.6 is 23.1 Å². The number of fused-ring (bicyclic) bond motifs is 1. The van der Waals surface area contributed by atoms with Gasteiger partial charge in [-0.1, -0.05) is 6.92 Å². The van der Waals surface area contributed by atoms with E-state index >= 15 is 0 Å². The first-order chi connectivity index (χ1) is 9.11. The highest BCUT2D eigenvalue weighted by Crippen LogP contribution is 2.27. The summed E-state index contributed by atoms with van der Waals surface area (Å²) in [6, 6.07) is 2.05. The van der Waals surface area contributed by atoms with Crippen molar-refractivity contribution in [3.05, 3.63) is 17.3 Å². The lowest BCUT2D eigenvalue weighted by molar-refractivity contribution is 0.196. The zero-order valence-corrected chi connectivity index (χ0v) is 13.0. The molecule has 0 aliphatic rings. The van der Waals surface area contributed by atoms with Crippen LogP contribution in [0.1, 0.15) is 26.6 Å². The van der Waals surface area contributed by atoms with E-state index in [1.807, 2.05) is 25.3 Å². The summed E-state index contributed by atoms with van der Waals surface area (Å²) in [5, 5.41) is 16.1. The molecule has 0 saturated carbocycles. The third-order valence-corrected chi connectivity index (χ3v) is 5.02. The summed E-state index contributed by atoms with van der Waals surface area (Å²) < 4.78 is 0. The normalized spacial score (nSPS) is 14.5. The number of aromatic nitrogens is 2. The number of thioether (sulfide) groups is 1. The van der Waals surface area contributed by atoms with Crippen molar-refractivity contribution in [3.63, 3.8) is 0 Å². The Hall–Kier alpha value is -0.850. The van der Waals surface area contributed by atoms with Gasteiger partial charge in [0.15, 0.2) is 0 Å². The van der Waals surface area contributed by atoms with E-state index in [9.17, 15) is 5.11 Å². The summed E-state index contributed by atoms with van der Waals surface area (Å²) in [5.41, 5.74) is 0. The topological polar surface area (TPSA) is 58.0 Å². The molecule has 2 aromatic rings. The molecule has 6 heteroatoms. The van der Waals surface area contributed by atoms with Crippen LogP contribution in [-0.4, -0.2) is 33.0 Å². The van der Waals surface area contributed by atoms with Gasteiger partial charge in [-0.2, -0.15) is 0 Å². The van der Waals surface area contributed by atoms with Gasteiger partial charge in [-0.15, -0.1) is 23.1 Å². The van der Waals surface area contributed by atoms with Crippen molar-refractivity contribution < 1.29 is 5.11 Å². The van der Waals surface area contributed by atoms with Crippen molar-refractivity contribution in [2.75, 3.05) is 11.9 Å². The molecule has 0 amide bonds. The molecule has 2 rings (SSSR count). The standard InChI is InChI=1S/C13H19N3OS2/c1-4-14-12-10-5-6-18-13(10)16-11(15-12)7-19-9(3)8(2)17/h5-6,8-9,17H,4,7H2,1-3H3,(H,14,15,16). The molecule has 2 N–H and O–H groups in total. The number of aliphatic hydroxyl groups excluding tert-OH is 1. The highest BCUT2D eigenvalue weighted by atomic mass is 32.2. The van der Waals surface area contributed by atoms with Gasteiger partial charge in [0.1, 0.15) is 16.5 Å². The van der Waals surface area contributed by atoms with Gasteiger partial charge in [-0.3, -0.25) is 0 Å². The summed E-state index contributed by atoms with van der Waals surface area (Å²) in [6.45, 7) is 6.73. The molecular formula is C13H19N3OS2. The van der Waals surface area contributed by atoms with Crippen molar-refractivity contribution in [3.8, 4) is 0 Å². The fraction of sp³-hybridized carbons (Fsp3) is 0.538. The number of thiophene rings is 1. The van der Waals surface area contributed by atoms with E-state index in [-0.39, 0.29) is 11.4 Å². The molecule has 19 heavy (non-hydrogen) atoms. The van der Waals surface area contributed by atoms with Crippen molar-refractivity contribution >= 4 is 39.1 Å². The maximum atomic E-state index is 9.50. The van der Waals surface area contributed by atoms with E-state index < -0.39 is 0 Å². The molecule has 2 aromatic heterocycles. The molecule has 4 nitrogen and oxygen atoms in total. The maximum Gasteiger partial charge on any atom is 0.142 e. The second-order valence-corrected chi connectivity index (χ2v) is 6.68. The van der Waals surface area contributed by atoms with Gasteiger partial charge >= 0.3 is 0 Å². The number of nitrogens with zero attached hydrogens (tertiary/aromatic N) is 2. The molecule has 0 bridgehead atoms. The van der Waals surface area contributed by atoms with Crippen LogP contribution in [0.25, 0.3) is 10.2 Å². The first-order valence-electron chi connectivity index (χ1n) is 6.39. The zero-order chi connectivity index (χ0) is 13.8. The third-order valence-electron chi connectivity index (χ3n) is 2.87. The second-order valence-electron chi connectivity index (χ2n) is 4.41. The molecule has 0 aliphatic heterocycles. The Kier molecular flexibility index (Phi) is 5.01. The predicted molar refractivity (Wildman–Crippen MR) is 84.0 cm³/mol. The van der Waals surface area contributed by atoms with Crippen molar-refractivity contribution in [1.82, 2.24) is 9.97 Å². The van der Waals surface area contributed by atoms with Crippen LogP contribution in [-0.2, 0) is 5.75 Å². The van der Waals surface area contributed by atoms with E-state index in [1.165, 1.54) is 0 Å². The van der Waals surface area contributed by atoms with Crippen molar-refractivity contribution in [2.24, 2.45) is 0 Å². The average Bonchev–Trinajstić information content (AvgIpc) is 2.84. The van der Waals surface area contributed by atoms with Gasteiger partial charge in [-0.05, 0) is 25.3 Å². The van der Waals surface area contributed by atoms with Crippen LogP contribution < -0.4 is 5.32 Å². The summed E-state index contributed by atoms with van der Waals surface area (Å²) in [4.78, 5) is 10.2. The van der Waals surface area contributed by atoms with E-state index in [2.05, 4.69) is 22.2 Å². The van der Waals surface area contributed by atoms with Crippen LogP contribution in [0.3, 0.4) is 0 Å². The fourth-order valence-corrected chi connectivity index (χ4v) is 3.21. The first-order valence-corrected chi connectivity index (χ1v) is 8.32. The lowest BCUT2D eigenvalue weighted by Gasteiger charge is -2.13. The molecule has 104 valence electrons. The number of aliphatic hydroxyl groups is 1. The number of hydrogen-bond donors (Lipinski definition) is 2. The molecule has 0 fully saturated rings. The van der Waals surface area contributed by atoms with Crippen molar-refractivity contribution in [1.29, 1.82) is 0 Å². The molecule has 2 heterocycles. The Labute approximate surface area is 121 Å². The monoisotopic (exact) mass is 297 g/mol. The summed E-state index contributed by atoms with van der Waals surface area (Å²) in [7, 11) is 0. The zero-order valence-electron chi connectivity index (χ0n) is 11.4. The smallest absolute Gasteiger partial charge is 0.142 e. The predicted octanol–water partition coefficient (Wildman–Crippen LogP) is 3.13. The SMILES string of the molecule is CCNc1nc(CSC(C)C(C)O)nc2sccc12. The summed E-state index contributed by atoms with van der Waals surface area (Å²) >= 11 is 3.31. The van der Waals surface area contributed by atoms with Crippen LogP contribution in [0.15, 0.2) is 11.4 Å². The highest BCUT2D eigenvalue weighted by Gasteiger charge is 2.12. The van der Waals surface area contributed by atoms with Crippen LogP contribution in [0.4, 0.5) is 5.82 Å². The summed E-state index contributed by atoms with van der Waals surface area (Å²) in [6.07, 6.45) is -0.316. The van der Waals surface area contributed by atoms with E-state index in [0.717, 1.165) is 34.2 Å². The van der Waals surface area contributed by atoms with Gasteiger partial charge in [0.25, 0.3) is 0 Å². The Balaban J connectivity index is 2.18. The molecule has 0 saturated heterocycles. The Bertz CT molecular complexity index is 542. The molecule has 0 radical (unpaired) electrons. The van der Waals surface area contributed by atoms with E-state index in [1.54, 1.807) is 23.1 Å². The van der Waals surface area contributed by atoms with Crippen molar-refractivity contribution in [2.45, 2.75) is 37.9 Å². The summed E-state index contributed by atoms with van der Waals surface area (Å²) in [5.74, 6) is 2.45. The molecular weight excluding hydrogens is 278 g/mol. The van der Waals surface area contributed by atoms with Crippen LogP contribution in [0.5, 0.6) is 0 Å². The molecule has 0 aliphatic carbocycles. The number of hydrogen-bond acceptors (Lipinski definition) is 6. The maximum absolute atomic E-state index is 9.50. The minimum absolute atomic E-state index is 0.185. The second kappa shape index (κ2) is 6.54. The molecule has 2 unspecified atom stereocenters. The van der Waals surface area contributed by atoms with E-state index in [4.69, 9.17) is 0 Å². The third kappa shape index (κ3) is 3.58. The quantitative estimate of drug-likeness (QED) is 0.858. The minimum Gasteiger partial charge on any atom is -0.392 e. The average molecular weight is 297 g/mol. The Morgan fingerprint density at radius 1 is 1.42 bits per heavy atom. The van der Waals surface area contributed by atoms with Gasteiger partial charge in [0, 0.05) is 11.8 Å². The van der Waals surface area contributed by atoms with Gasteiger partial charge < -0.3 is 10.4 Å². The van der Waals surface area contributed by atoms with E-state index in [0.29, 0.717) is 0 Å². The van der Waals surface area contributed by atoms with Crippen LogP contribution in [0, 0.1) is 0 Å². The minimum atomic E-state index is -0.316. The Morgan fingerprint density at radius 2 is 2.21 bits per heavy atom. The number of nitrogens with one attached hydrogen (secondary N) is 1. The Morgan fingerprint density at radius 3 is 2.89 bits per heavy atom.